The molecule has 1 aromatic rings. The zero-order valence-corrected chi connectivity index (χ0v) is 6.99. The average molecular weight is 163 g/mol. The van der Waals surface area contributed by atoms with Crippen molar-refractivity contribution in [3.63, 3.8) is 0 Å². The van der Waals surface area contributed by atoms with E-state index < -0.39 is 0 Å². The molecule has 1 radical (unpaired) electrons. The summed E-state index contributed by atoms with van der Waals surface area (Å²) in [6, 6.07) is 7.58. The van der Waals surface area contributed by atoms with E-state index in [1.807, 2.05) is 24.3 Å². The number of para-hydroxylation sites is 1. The van der Waals surface area contributed by atoms with Crippen LogP contribution in [0, 0.1) is 0 Å². The molecule has 2 heteroatoms. The molecule has 63 valence electrons. The van der Waals surface area contributed by atoms with E-state index in [9.17, 15) is 5.11 Å². The normalized spacial score (nSPS) is 10.5. The van der Waals surface area contributed by atoms with Crippen LogP contribution in [0.5, 0.6) is 5.75 Å². The van der Waals surface area contributed by atoms with Crippen LogP contribution < -0.4 is 4.74 Å². The maximum atomic E-state index is 10.2. The van der Waals surface area contributed by atoms with Gasteiger partial charge in [-0.05, 0) is 6.07 Å². The van der Waals surface area contributed by atoms with Crippen LogP contribution in [0.25, 0.3) is 6.08 Å². The number of ether oxygens (including phenoxy) is 1. The molecule has 0 aliphatic heterocycles. The van der Waals surface area contributed by atoms with Crippen molar-refractivity contribution in [3.8, 4) is 5.75 Å². The Labute approximate surface area is 72.1 Å². The Balaban J connectivity index is 2.89. The summed E-state index contributed by atoms with van der Waals surface area (Å²) < 4.78 is 5.09. The van der Waals surface area contributed by atoms with Gasteiger partial charge < -0.3 is 4.74 Å². The average Bonchev–Trinajstić information content (AvgIpc) is 2.15. The van der Waals surface area contributed by atoms with Gasteiger partial charge in [0.2, 0.25) is 0 Å². The van der Waals surface area contributed by atoms with E-state index >= 15 is 0 Å². The molecule has 0 spiro atoms. The highest BCUT2D eigenvalue weighted by molar-refractivity contribution is 5.56. The van der Waals surface area contributed by atoms with E-state index in [0.717, 1.165) is 11.3 Å². The Kier molecular flexibility index (Phi) is 3.35. The summed E-state index contributed by atoms with van der Waals surface area (Å²) in [5, 5.41) is 10.2. The molecule has 0 fully saturated rings. The summed E-state index contributed by atoms with van der Waals surface area (Å²) in [6.07, 6.45) is 3.34. The highest BCUT2D eigenvalue weighted by Gasteiger charge is 1.94. The molecule has 0 N–H and O–H groups in total. The molecule has 0 saturated heterocycles. The Morgan fingerprint density at radius 1 is 1.42 bits per heavy atom. The molecule has 0 aliphatic carbocycles. The zero-order valence-electron chi connectivity index (χ0n) is 6.99. The fourth-order valence-corrected chi connectivity index (χ4v) is 0.979. The Bertz CT molecular complexity index is 266. The van der Waals surface area contributed by atoms with Crippen LogP contribution in [-0.4, -0.2) is 13.7 Å². The molecule has 0 atom stereocenters. The van der Waals surface area contributed by atoms with Gasteiger partial charge >= 0.3 is 0 Å². The van der Waals surface area contributed by atoms with Crippen molar-refractivity contribution in [3.05, 3.63) is 35.9 Å². The Morgan fingerprint density at radius 3 is 2.83 bits per heavy atom. The summed E-state index contributed by atoms with van der Waals surface area (Å²) in [7, 11) is 1.61. The molecule has 0 heterocycles. The van der Waals surface area contributed by atoms with Crippen molar-refractivity contribution in [1.82, 2.24) is 0 Å². The van der Waals surface area contributed by atoms with Crippen molar-refractivity contribution in [2.24, 2.45) is 0 Å². The molecule has 1 aromatic carbocycles. The van der Waals surface area contributed by atoms with Gasteiger partial charge in [-0.3, -0.25) is 0 Å². The third-order valence-corrected chi connectivity index (χ3v) is 1.53. The summed E-state index contributed by atoms with van der Waals surface area (Å²) in [4.78, 5) is 0. The number of hydrogen-bond donors (Lipinski definition) is 0. The second-order valence-corrected chi connectivity index (χ2v) is 2.31. The lowest BCUT2D eigenvalue weighted by molar-refractivity contribution is 0.233. The first-order chi connectivity index (χ1) is 5.88. The third kappa shape index (κ3) is 2.10. The van der Waals surface area contributed by atoms with E-state index in [0.29, 0.717) is 0 Å². The highest BCUT2D eigenvalue weighted by atomic mass is 16.5. The topological polar surface area (TPSA) is 29.1 Å². The van der Waals surface area contributed by atoms with Gasteiger partial charge in [-0.15, -0.1) is 0 Å². The lowest BCUT2D eigenvalue weighted by atomic mass is 10.2. The molecule has 0 aliphatic rings. The van der Waals surface area contributed by atoms with Crippen LogP contribution in [0.2, 0.25) is 0 Å². The molecule has 0 saturated carbocycles. The van der Waals surface area contributed by atoms with E-state index in [-0.39, 0.29) is 6.61 Å². The second-order valence-electron chi connectivity index (χ2n) is 2.31. The van der Waals surface area contributed by atoms with E-state index in [2.05, 4.69) is 0 Å². The van der Waals surface area contributed by atoms with Gasteiger partial charge in [0.1, 0.15) is 12.4 Å². The lowest BCUT2D eigenvalue weighted by Crippen LogP contribution is -1.85. The molecule has 0 aromatic heterocycles. The van der Waals surface area contributed by atoms with E-state index in [4.69, 9.17) is 4.74 Å². The maximum absolute atomic E-state index is 10.2. The van der Waals surface area contributed by atoms with E-state index in [1.165, 1.54) is 0 Å². The first-order valence-corrected chi connectivity index (χ1v) is 3.76. The van der Waals surface area contributed by atoms with Crippen LogP contribution in [0.3, 0.4) is 0 Å². The first kappa shape index (κ1) is 8.81. The minimum atomic E-state index is -0.196. The van der Waals surface area contributed by atoms with Gasteiger partial charge in [0.05, 0.1) is 7.11 Å². The Morgan fingerprint density at radius 2 is 2.17 bits per heavy atom. The number of hydrogen-bond acceptors (Lipinski definition) is 1. The second kappa shape index (κ2) is 4.57. The van der Waals surface area contributed by atoms with Gasteiger partial charge in [0.15, 0.2) is 0 Å². The van der Waals surface area contributed by atoms with Crippen LogP contribution >= 0.6 is 0 Å². The van der Waals surface area contributed by atoms with Crippen LogP contribution in [0.1, 0.15) is 5.56 Å². The molecule has 1 rings (SSSR count). The largest absolute Gasteiger partial charge is 0.496 e. The number of methoxy groups -OCH3 is 1. The molecule has 0 amide bonds. The fraction of sp³-hybridized carbons (Fsp3) is 0.200. The van der Waals surface area contributed by atoms with Gasteiger partial charge in [0, 0.05) is 5.56 Å². The number of benzene rings is 1. The van der Waals surface area contributed by atoms with Gasteiger partial charge in [0.25, 0.3) is 0 Å². The molecule has 12 heavy (non-hydrogen) atoms. The summed E-state index contributed by atoms with van der Waals surface area (Å²) in [5.41, 5.74) is 0.941. The number of rotatable bonds is 3. The molecule has 0 bridgehead atoms. The minimum Gasteiger partial charge on any atom is -0.496 e. The third-order valence-electron chi connectivity index (χ3n) is 1.53. The van der Waals surface area contributed by atoms with Gasteiger partial charge in [-0.1, -0.05) is 30.4 Å². The van der Waals surface area contributed by atoms with E-state index in [1.54, 1.807) is 19.3 Å². The Hall–Kier alpha value is -1.28. The molecular weight excluding hydrogens is 152 g/mol. The summed E-state index contributed by atoms with van der Waals surface area (Å²) >= 11 is 0. The van der Waals surface area contributed by atoms with Crippen molar-refractivity contribution in [2.45, 2.75) is 0 Å². The van der Waals surface area contributed by atoms with Crippen LogP contribution in [0.4, 0.5) is 0 Å². The highest BCUT2D eigenvalue weighted by Crippen LogP contribution is 2.18. The predicted molar refractivity (Wildman–Crippen MR) is 47.6 cm³/mol. The van der Waals surface area contributed by atoms with Crippen molar-refractivity contribution >= 4 is 6.08 Å². The van der Waals surface area contributed by atoms with Crippen LogP contribution in [-0.2, 0) is 5.11 Å². The molecule has 2 nitrogen and oxygen atoms in total. The van der Waals surface area contributed by atoms with Crippen LogP contribution in [0.15, 0.2) is 30.3 Å². The summed E-state index contributed by atoms with van der Waals surface area (Å²) in [6.45, 7) is -0.196. The standard InChI is InChI=1S/C10H11O2/c1-12-10-7-3-2-5-9(10)6-4-8-11/h2-7H,8H2,1H3. The lowest BCUT2D eigenvalue weighted by Gasteiger charge is -2.02. The maximum Gasteiger partial charge on any atom is 0.126 e. The predicted octanol–water partition coefficient (Wildman–Crippen LogP) is 2.14. The van der Waals surface area contributed by atoms with Gasteiger partial charge in [-0.25, -0.2) is 5.11 Å². The summed E-state index contributed by atoms with van der Waals surface area (Å²) in [5.74, 6) is 0.794. The SMILES string of the molecule is COc1ccccc1C=CC[O]. The quantitative estimate of drug-likeness (QED) is 0.671. The van der Waals surface area contributed by atoms with Crippen molar-refractivity contribution in [1.29, 1.82) is 0 Å². The van der Waals surface area contributed by atoms with Crippen molar-refractivity contribution < 1.29 is 9.84 Å². The monoisotopic (exact) mass is 163 g/mol. The zero-order chi connectivity index (χ0) is 8.81. The first-order valence-electron chi connectivity index (χ1n) is 3.76. The van der Waals surface area contributed by atoms with Gasteiger partial charge in [-0.2, -0.15) is 0 Å². The fourth-order valence-electron chi connectivity index (χ4n) is 0.979. The minimum absolute atomic E-state index is 0.196. The molecule has 0 unspecified atom stereocenters. The van der Waals surface area contributed by atoms with Crippen molar-refractivity contribution in [2.75, 3.05) is 13.7 Å². The smallest absolute Gasteiger partial charge is 0.126 e. The molecular formula is C10H11O2.